The van der Waals surface area contributed by atoms with E-state index >= 15 is 0 Å². The predicted octanol–water partition coefficient (Wildman–Crippen LogP) is 11.9. The average molecular weight is 782 g/mol. The molecule has 0 heterocycles. The molecule has 0 nitrogen and oxygen atoms in total. The van der Waals surface area contributed by atoms with Gasteiger partial charge in [0.05, 0.1) is 0 Å². The minimum Gasteiger partial charge on any atom is -0.346 e. The minimum absolute atomic E-state index is 0. The van der Waals surface area contributed by atoms with E-state index < -0.39 is 0 Å². The van der Waals surface area contributed by atoms with Crippen molar-refractivity contribution in [3.05, 3.63) is 125 Å². The Balaban J connectivity index is 0.000000343. The van der Waals surface area contributed by atoms with Crippen LogP contribution in [0.25, 0.3) is 21.5 Å². The maximum absolute atomic E-state index is 3.25. The number of benzene rings is 3. The Labute approximate surface area is 298 Å². The molecule has 0 N–H and O–H groups in total. The molecule has 0 spiro atoms. The van der Waals surface area contributed by atoms with Crippen LogP contribution in [0.3, 0.4) is 0 Å². The molecule has 0 fully saturated rings. The first-order valence-electron chi connectivity index (χ1n) is 16.7. The number of hydrogen-bond acceptors (Lipinski definition) is 0. The topological polar surface area (TPSA) is 0 Å². The second kappa shape index (κ2) is 20.2. The van der Waals surface area contributed by atoms with Crippen LogP contribution in [-0.4, -0.2) is 15.5 Å². The molecule has 0 aliphatic rings. The van der Waals surface area contributed by atoms with Gasteiger partial charge in [0.15, 0.2) is 0 Å². The molecule has 5 aromatic rings. The van der Waals surface area contributed by atoms with Crippen molar-refractivity contribution in [1.29, 1.82) is 0 Å². The van der Waals surface area contributed by atoms with Crippen molar-refractivity contribution >= 4 is 37.1 Å². The Kier molecular flexibility index (Phi) is 18.3. The van der Waals surface area contributed by atoms with E-state index in [-0.39, 0.29) is 25.8 Å². The van der Waals surface area contributed by atoms with E-state index in [2.05, 4.69) is 130 Å². The molecular weight excluding hydrogens is 723 g/mol. The van der Waals surface area contributed by atoms with Crippen molar-refractivity contribution in [2.24, 2.45) is 0 Å². The van der Waals surface area contributed by atoms with Crippen molar-refractivity contribution < 1.29 is 25.8 Å². The predicted molar refractivity (Wildman–Crippen MR) is 204 cm³/mol. The molecule has 238 valence electrons. The summed E-state index contributed by atoms with van der Waals surface area (Å²) in [4.78, 5) is 0. The fourth-order valence-electron chi connectivity index (χ4n) is 5.46. The van der Waals surface area contributed by atoms with E-state index in [4.69, 9.17) is 0 Å². The van der Waals surface area contributed by atoms with Crippen LogP contribution in [0.4, 0.5) is 0 Å². The van der Waals surface area contributed by atoms with Gasteiger partial charge in [0, 0.05) is 0 Å². The van der Waals surface area contributed by atoms with Gasteiger partial charge in [-0.3, -0.25) is 0 Å². The number of aryl methyl sites for hydroxylation is 2. The van der Waals surface area contributed by atoms with Gasteiger partial charge in [-0.05, 0) is 36.5 Å². The van der Waals surface area contributed by atoms with Gasteiger partial charge in [-0.15, -0.1) is 69.1 Å². The number of hydrogen-bond donors (Lipinski definition) is 0. The van der Waals surface area contributed by atoms with Gasteiger partial charge in [0.2, 0.25) is 0 Å². The van der Waals surface area contributed by atoms with E-state index in [1.807, 2.05) is 30.3 Å². The molecule has 0 atom stereocenters. The van der Waals surface area contributed by atoms with Crippen molar-refractivity contribution in [3.63, 3.8) is 0 Å². The molecule has 0 saturated carbocycles. The second-order valence-electron chi connectivity index (χ2n) is 12.8. The molecule has 45 heavy (non-hydrogen) atoms. The van der Waals surface area contributed by atoms with Crippen molar-refractivity contribution in [2.75, 3.05) is 0 Å². The third-order valence-electron chi connectivity index (χ3n) is 8.25. The zero-order valence-electron chi connectivity index (χ0n) is 30.1. The average Bonchev–Trinajstić information content (AvgIpc) is 3.65. The Morgan fingerprint density at radius 1 is 0.600 bits per heavy atom. The maximum Gasteiger partial charge on any atom is 4.00 e. The minimum atomic E-state index is 0. The molecule has 5 aromatic carbocycles. The van der Waals surface area contributed by atoms with Gasteiger partial charge in [-0.2, -0.15) is 42.4 Å². The maximum atomic E-state index is 3.25. The van der Waals surface area contributed by atoms with Crippen molar-refractivity contribution in [3.8, 4) is 0 Å². The molecule has 0 radical (unpaired) electrons. The van der Waals surface area contributed by atoms with Gasteiger partial charge < -0.3 is 6.92 Å². The Bertz CT molecular complexity index is 1460. The molecule has 0 unspecified atom stereocenters. The van der Waals surface area contributed by atoms with Crippen LogP contribution < -0.4 is 0 Å². The van der Waals surface area contributed by atoms with Crippen molar-refractivity contribution in [2.45, 2.75) is 113 Å². The molecule has 0 saturated heterocycles. The van der Waals surface area contributed by atoms with E-state index in [9.17, 15) is 0 Å². The van der Waals surface area contributed by atoms with E-state index in [0.29, 0.717) is 23.7 Å². The van der Waals surface area contributed by atoms with E-state index in [1.54, 1.807) is 16.8 Å². The molecule has 0 aromatic heterocycles. The molecule has 0 bridgehead atoms. The summed E-state index contributed by atoms with van der Waals surface area (Å²) in [6.07, 6.45) is 2.26. The summed E-state index contributed by atoms with van der Waals surface area (Å²) in [6, 6.07) is 29.1. The Hall–Kier alpha value is -2.16. The first kappa shape index (κ1) is 40.9. The standard InChI is InChI=1S/2C17H23.C7H7Si.C2H5.Hf/c2*1-6-13-7-15-9-14(11(2)3)10-16(12(4)5)17(15)8-13;8-6-7-4-2-1-3-5-7;1-2;/h2*7-12H,6H2,1-5H3;1-5H,8H2;1H2,2H3;/q4*-1;+4. The van der Waals surface area contributed by atoms with Crippen molar-refractivity contribution in [1.82, 2.24) is 0 Å². The number of fused-ring (bicyclic) bond motifs is 2. The van der Waals surface area contributed by atoms with Gasteiger partial charge in [0.25, 0.3) is 0 Å². The largest absolute Gasteiger partial charge is 4.00 e. The summed E-state index contributed by atoms with van der Waals surface area (Å²) in [6.45, 7) is 27.7. The van der Waals surface area contributed by atoms with Crippen LogP contribution in [-0.2, 0) is 38.7 Å². The third-order valence-corrected chi connectivity index (χ3v) is 8.65. The smallest absolute Gasteiger partial charge is 0.346 e. The molecule has 0 amide bonds. The fraction of sp³-hybridized carbons (Fsp3) is 0.395. The van der Waals surface area contributed by atoms with Gasteiger partial charge in [0.1, 0.15) is 0 Å². The van der Waals surface area contributed by atoms with Crippen LogP contribution in [0.15, 0.2) is 78.9 Å². The zero-order valence-corrected chi connectivity index (χ0v) is 35.2. The molecule has 2 heteroatoms. The van der Waals surface area contributed by atoms with Crippen LogP contribution in [0.2, 0.25) is 0 Å². The zero-order chi connectivity index (χ0) is 33.0. The van der Waals surface area contributed by atoms with Gasteiger partial charge >= 0.3 is 25.8 Å². The summed E-state index contributed by atoms with van der Waals surface area (Å²) in [5, 5.41) is 5.77. The summed E-state index contributed by atoms with van der Waals surface area (Å²) < 4.78 is 0. The monoisotopic (exact) mass is 782 g/mol. The number of rotatable bonds is 7. The first-order valence-corrected chi connectivity index (χ1v) is 17.4. The van der Waals surface area contributed by atoms with Gasteiger partial charge in [-0.1, -0.05) is 120 Å². The quantitative estimate of drug-likeness (QED) is 0.114. The van der Waals surface area contributed by atoms with Crippen LogP contribution >= 0.6 is 0 Å². The second-order valence-corrected chi connectivity index (χ2v) is 13.2. The SMILES string of the molecule is CCc1cc2c(C(C)C)cc(C(C)C)cc2[cH-]1.CCc1cc2c(C(C)C)cc(C(C)C)cc2[cH-]1.[CH2-]C.[Hf+4].[SiH2]=[C-]c1ccccc1. The van der Waals surface area contributed by atoms with Crippen LogP contribution in [0.5, 0.6) is 0 Å². The summed E-state index contributed by atoms with van der Waals surface area (Å²) >= 11 is 0. The normalized spacial score (nSPS) is 10.7. The molecular formula is C43H58HfSi. The van der Waals surface area contributed by atoms with Gasteiger partial charge in [-0.25, -0.2) is 0 Å². The Morgan fingerprint density at radius 2 is 0.978 bits per heavy atom. The molecule has 5 rings (SSSR count). The Morgan fingerprint density at radius 3 is 1.24 bits per heavy atom. The molecule has 0 aliphatic carbocycles. The fourth-order valence-corrected chi connectivity index (χ4v) is 5.69. The third kappa shape index (κ3) is 11.5. The van der Waals surface area contributed by atoms with E-state index in [1.165, 1.54) is 60.5 Å². The summed E-state index contributed by atoms with van der Waals surface area (Å²) in [5.74, 6) is 2.42. The summed E-state index contributed by atoms with van der Waals surface area (Å²) in [7, 11) is 1.73. The van der Waals surface area contributed by atoms with Crippen LogP contribution in [0, 0.1) is 6.92 Å². The van der Waals surface area contributed by atoms with Crippen LogP contribution in [0.1, 0.15) is 139 Å². The summed E-state index contributed by atoms with van der Waals surface area (Å²) in [5.41, 5.74) is 13.1. The first-order chi connectivity index (χ1) is 21.0. The molecule has 0 aliphatic heterocycles. The van der Waals surface area contributed by atoms with E-state index in [0.717, 1.165) is 12.8 Å².